The Labute approximate surface area is 109 Å². The predicted octanol–water partition coefficient (Wildman–Crippen LogP) is 3.58. The second-order valence-corrected chi connectivity index (χ2v) is 4.70. The molecule has 0 radical (unpaired) electrons. The van der Waals surface area contributed by atoms with Gasteiger partial charge in [-0.2, -0.15) is 5.26 Å². The molecule has 1 aliphatic rings. The van der Waals surface area contributed by atoms with Crippen molar-refractivity contribution in [3.63, 3.8) is 0 Å². The Hall–Kier alpha value is -1.69. The fourth-order valence-corrected chi connectivity index (χ4v) is 2.53. The monoisotopic (exact) mass is 244 g/mol. The molecule has 1 aliphatic carbocycles. The van der Waals surface area contributed by atoms with E-state index in [2.05, 4.69) is 11.4 Å². The first-order chi connectivity index (χ1) is 8.85. The van der Waals surface area contributed by atoms with E-state index in [9.17, 15) is 5.26 Å². The van der Waals surface area contributed by atoms with E-state index in [1.54, 1.807) is 0 Å². The first-order valence-electron chi connectivity index (χ1n) is 6.73. The van der Waals surface area contributed by atoms with Crippen molar-refractivity contribution in [3.05, 3.63) is 24.3 Å². The van der Waals surface area contributed by atoms with Gasteiger partial charge in [0.15, 0.2) is 0 Å². The highest BCUT2D eigenvalue weighted by Crippen LogP contribution is 2.30. The van der Waals surface area contributed by atoms with Gasteiger partial charge in [0.1, 0.15) is 5.75 Å². The first kappa shape index (κ1) is 12.8. The third kappa shape index (κ3) is 2.95. The van der Waals surface area contributed by atoms with Crippen molar-refractivity contribution in [1.82, 2.24) is 0 Å². The molecule has 1 aromatic carbocycles. The summed E-state index contributed by atoms with van der Waals surface area (Å²) >= 11 is 0. The van der Waals surface area contributed by atoms with Crippen LogP contribution in [0.1, 0.15) is 32.6 Å². The molecule has 0 spiro atoms. The summed E-state index contributed by atoms with van der Waals surface area (Å²) in [6.07, 6.45) is 4.44. The Morgan fingerprint density at radius 1 is 1.33 bits per heavy atom. The normalized spacial score (nSPS) is 23.1. The molecule has 0 aromatic heterocycles. The molecule has 18 heavy (non-hydrogen) atoms. The number of hydrogen-bond donors (Lipinski definition) is 1. The summed E-state index contributed by atoms with van der Waals surface area (Å²) in [6.45, 7) is 2.64. The molecule has 2 atom stereocenters. The van der Waals surface area contributed by atoms with Crippen LogP contribution in [0.3, 0.4) is 0 Å². The second kappa shape index (κ2) is 6.30. The molecule has 0 amide bonds. The molecule has 1 saturated carbocycles. The van der Waals surface area contributed by atoms with Crippen LogP contribution in [0, 0.1) is 17.2 Å². The number of anilines is 1. The van der Waals surface area contributed by atoms with Crippen LogP contribution >= 0.6 is 0 Å². The van der Waals surface area contributed by atoms with Crippen molar-refractivity contribution in [1.29, 1.82) is 5.26 Å². The highest BCUT2D eigenvalue weighted by atomic mass is 16.5. The molecule has 96 valence electrons. The minimum absolute atomic E-state index is 0.119. The number of nitrogens with one attached hydrogen (secondary N) is 1. The van der Waals surface area contributed by atoms with Gasteiger partial charge in [0.2, 0.25) is 0 Å². The average molecular weight is 244 g/mol. The summed E-state index contributed by atoms with van der Waals surface area (Å²) in [5, 5.41) is 12.7. The molecule has 3 heteroatoms. The molecule has 0 aliphatic heterocycles. The third-order valence-corrected chi connectivity index (χ3v) is 3.46. The summed E-state index contributed by atoms with van der Waals surface area (Å²) in [6, 6.07) is 10.6. The molecule has 0 saturated heterocycles. The number of rotatable bonds is 4. The fourth-order valence-electron chi connectivity index (χ4n) is 2.53. The van der Waals surface area contributed by atoms with Gasteiger partial charge in [-0.1, -0.05) is 25.0 Å². The van der Waals surface area contributed by atoms with Gasteiger partial charge in [-0.25, -0.2) is 0 Å². The highest BCUT2D eigenvalue weighted by molar-refractivity contribution is 5.57. The van der Waals surface area contributed by atoms with Gasteiger partial charge in [-0.15, -0.1) is 0 Å². The van der Waals surface area contributed by atoms with Gasteiger partial charge in [0, 0.05) is 6.04 Å². The van der Waals surface area contributed by atoms with Crippen molar-refractivity contribution < 1.29 is 4.74 Å². The van der Waals surface area contributed by atoms with Crippen LogP contribution in [0.5, 0.6) is 5.75 Å². The number of benzene rings is 1. The molecular weight excluding hydrogens is 224 g/mol. The van der Waals surface area contributed by atoms with Crippen LogP contribution in [0.15, 0.2) is 24.3 Å². The van der Waals surface area contributed by atoms with E-state index in [-0.39, 0.29) is 12.0 Å². The Kier molecular flexibility index (Phi) is 4.46. The van der Waals surface area contributed by atoms with Crippen molar-refractivity contribution in [2.45, 2.75) is 38.6 Å². The summed E-state index contributed by atoms with van der Waals surface area (Å²) in [5.41, 5.74) is 1.01. The zero-order valence-electron chi connectivity index (χ0n) is 10.9. The van der Waals surface area contributed by atoms with E-state index in [0.717, 1.165) is 24.3 Å². The zero-order valence-corrected chi connectivity index (χ0v) is 10.9. The molecule has 2 rings (SSSR count). The first-order valence-corrected chi connectivity index (χ1v) is 6.73. The van der Waals surface area contributed by atoms with Gasteiger partial charge in [-0.05, 0) is 31.9 Å². The zero-order chi connectivity index (χ0) is 12.8. The molecular formula is C15H20N2O. The standard InChI is InChI=1S/C15H20N2O/c1-2-18-15-10-6-5-9-14(15)17-13-8-4-3-7-12(13)11-16/h5-6,9-10,12-13,17H,2-4,7-8H2,1H3. The van der Waals surface area contributed by atoms with Gasteiger partial charge < -0.3 is 10.1 Å². The van der Waals surface area contributed by atoms with Crippen LogP contribution in [-0.2, 0) is 0 Å². The second-order valence-electron chi connectivity index (χ2n) is 4.70. The molecule has 1 aromatic rings. The SMILES string of the molecule is CCOc1ccccc1NC1CCCCC1C#N. The number of hydrogen-bond acceptors (Lipinski definition) is 3. The largest absolute Gasteiger partial charge is 0.492 e. The quantitative estimate of drug-likeness (QED) is 0.880. The minimum Gasteiger partial charge on any atom is -0.492 e. The van der Waals surface area contributed by atoms with E-state index in [1.807, 2.05) is 31.2 Å². The third-order valence-electron chi connectivity index (χ3n) is 3.46. The Morgan fingerprint density at radius 3 is 2.89 bits per heavy atom. The lowest BCUT2D eigenvalue weighted by atomic mass is 9.85. The molecule has 1 N–H and O–H groups in total. The molecule has 3 nitrogen and oxygen atoms in total. The van der Waals surface area contributed by atoms with Crippen LogP contribution in [-0.4, -0.2) is 12.6 Å². The molecule has 0 bridgehead atoms. The van der Waals surface area contributed by atoms with Crippen molar-refractivity contribution in [2.75, 3.05) is 11.9 Å². The maximum atomic E-state index is 9.19. The lowest BCUT2D eigenvalue weighted by Crippen LogP contribution is -2.31. The fraction of sp³-hybridized carbons (Fsp3) is 0.533. The van der Waals surface area contributed by atoms with E-state index in [1.165, 1.54) is 12.8 Å². The summed E-state index contributed by atoms with van der Waals surface area (Å²) in [7, 11) is 0. The lowest BCUT2D eigenvalue weighted by Gasteiger charge is -2.29. The molecule has 1 fully saturated rings. The number of para-hydroxylation sites is 2. The van der Waals surface area contributed by atoms with E-state index in [4.69, 9.17) is 4.74 Å². The van der Waals surface area contributed by atoms with Crippen LogP contribution in [0.4, 0.5) is 5.69 Å². The Morgan fingerprint density at radius 2 is 2.11 bits per heavy atom. The number of nitrogens with zero attached hydrogens (tertiary/aromatic N) is 1. The lowest BCUT2D eigenvalue weighted by molar-refractivity contribution is 0.339. The van der Waals surface area contributed by atoms with Crippen LogP contribution < -0.4 is 10.1 Å². The van der Waals surface area contributed by atoms with Crippen molar-refractivity contribution >= 4 is 5.69 Å². The summed E-state index contributed by atoms with van der Waals surface area (Å²) < 4.78 is 5.60. The summed E-state index contributed by atoms with van der Waals surface area (Å²) in [5.74, 6) is 0.996. The maximum Gasteiger partial charge on any atom is 0.142 e. The van der Waals surface area contributed by atoms with Crippen LogP contribution in [0.25, 0.3) is 0 Å². The van der Waals surface area contributed by atoms with Gasteiger partial charge >= 0.3 is 0 Å². The Bertz CT molecular complexity index is 425. The van der Waals surface area contributed by atoms with Gasteiger partial charge in [-0.3, -0.25) is 0 Å². The maximum absolute atomic E-state index is 9.19. The molecule has 0 heterocycles. The van der Waals surface area contributed by atoms with E-state index < -0.39 is 0 Å². The Balaban J connectivity index is 2.10. The van der Waals surface area contributed by atoms with Crippen LogP contribution in [0.2, 0.25) is 0 Å². The van der Waals surface area contributed by atoms with Gasteiger partial charge in [0.05, 0.1) is 24.3 Å². The highest BCUT2D eigenvalue weighted by Gasteiger charge is 2.25. The smallest absolute Gasteiger partial charge is 0.142 e. The van der Waals surface area contributed by atoms with E-state index in [0.29, 0.717) is 6.61 Å². The van der Waals surface area contributed by atoms with Crippen molar-refractivity contribution in [3.8, 4) is 11.8 Å². The van der Waals surface area contributed by atoms with E-state index >= 15 is 0 Å². The van der Waals surface area contributed by atoms with Gasteiger partial charge in [0.25, 0.3) is 0 Å². The molecule has 2 unspecified atom stereocenters. The van der Waals surface area contributed by atoms with Crippen molar-refractivity contribution in [2.24, 2.45) is 5.92 Å². The number of nitriles is 1. The average Bonchev–Trinajstić information content (AvgIpc) is 2.42. The number of ether oxygens (including phenoxy) is 1. The minimum atomic E-state index is 0.119. The topological polar surface area (TPSA) is 45.0 Å². The predicted molar refractivity (Wildman–Crippen MR) is 72.6 cm³/mol. The summed E-state index contributed by atoms with van der Waals surface area (Å²) in [4.78, 5) is 0.